The van der Waals surface area contributed by atoms with Crippen molar-refractivity contribution in [2.45, 2.75) is 6.92 Å². The SMILES string of the molecule is COc1cccc(OC)c1C(=O)NNC(=O)c1cccc(C)c1. The number of carbonyl (C=O) groups excluding carboxylic acids is 2. The molecule has 2 N–H and O–H groups in total. The number of hydrogen-bond acceptors (Lipinski definition) is 4. The zero-order valence-corrected chi connectivity index (χ0v) is 13.2. The summed E-state index contributed by atoms with van der Waals surface area (Å²) in [5, 5.41) is 0. The van der Waals surface area contributed by atoms with Crippen molar-refractivity contribution in [3.05, 3.63) is 59.2 Å². The first-order chi connectivity index (χ1) is 11.1. The first-order valence-electron chi connectivity index (χ1n) is 6.95. The second kappa shape index (κ2) is 7.31. The minimum Gasteiger partial charge on any atom is -0.496 e. The van der Waals surface area contributed by atoms with Gasteiger partial charge in [0.1, 0.15) is 17.1 Å². The van der Waals surface area contributed by atoms with Gasteiger partial charge < -0.3 is 9.47 Å². The number of nitrogens with one attached hydrogen (secondary N) is 2. The minimum atomic E-state index is -0.527. The predicted molar refractivity (Wildman–Crippen MR) is 85.7 cm³/mol. The predicted octanol–water partition coefficient (Wildman–Crippen LogP) is 2.09. The zero-order chi connectivity index (χ0) is 16.8. The molecule has 0 atom stereocenters. The minimum absolute atomic E-state index is 0.210. The summed E-state index contributed by atoms with van der Waals surface area (Å²) in [6.45, 7) is 1.88. The first kappa shape index (κ1) is 16.4. The van der Waals surface area contributed by atoms with E-state index in [1.807, 2.05) is 13.0 Å². The molecule has 0 fully saturated rings. The number of aryl methyl sites for hydroxylation is 1. The van der Waals surface area contributed by atoms with Gasteiger partial charge in [0.25, 0.3) is 11.8 Å². The molecule has 2 rings (SSSR count). The lowest BCUT2D eigenvalue weighted by Crippen LogP contribution is -2.41. The maximum atomic E-state index is 12.3. The summed E-state index contributed by atoms with van der Waals surface area (Å²) in [5.41, 5.74) is 6.37. The van der Waals surface area contributed by atoms with Crippen LogP contribution in [0.2, 0.25) is 0 Å². The van der Waals surface area contributed by atoms with Gasteiger partial charge in [-0.2, -0.15) is 0 Å². The lowest BCUT2D eigenvalue weighted by atomic mass is 10.1. The van der Waals surface area contributed by atoms with Gasteiger partial charge in [-0.3, -0.25) is 20.4 Å². The zero-order valence-electron chi connectivity index (χ0n) is 13.2. The Bertz CT molecular complexity index is 706. The lowest BCUT2D eigenvalue weighted by molar-refractivity contribution is 0.0843. The van der Waals surface area contributed by atoms with Crippen molar-refractivity contribution < 1.29 is 19.1 Å². The highest BCUT2D eigenvalue weighted by Crippen LogP contribution is 2.27. The van der Waals surface area contributed by atoms with Crippen LogP contribution in [0, 0.1) is 6.92 Å². The Morgan fingerprint density at radius 1 is 0.870 bits per heavy atom. The molecule has 0 aliphatic heterocycles. The van der Waals surface area contributed by atoms with Gasteiger partial charge in [-0.15, -0.1) is 0 Å². The molecule has 0 radical (unpaired) electrons. The molecule has 0 aliphatic rings. The molecule has 6 nitrogen and oxygen atoms in total. The molecule has 120 valence electrons. The Morgan fingerprint density at radius 3 is 2.00 bits per heavy atom. The van der Waals surface area contributed by atoms with Gasteiger partial charge >= 0.3 is 0 Å². The Morgan fingerprint density at radius 2 is 1.43 bits per heavy atom. The quantitative estimate of drug-likeness (QED) is 0.847. The molecular formula is C17H18N2O4. The van der Waals surface area contributed by atoms with Gasteiger partial charge in [0, 0.05) is 5.56 Å². The standard InChI is InChI=1S/C17H18N2O4/c1-11-6-4-7-12(10-11)16(20)18-19-17(21)15-13(22-2)8-5-9-14(15)23-3/h4-10H,1-3H3,(H,18,20)(H,19,21). The number of benzene rings is 2. The third-order valence-corrected chi connectivity index (χ3v) is 3.22. The van der Waals surface area contributed by atoms with E-state index in [4.69, 9.17) is 9.47 Å². The van der Waals surface area contributed by atoms with Crippen LogP contribution in [-0.2, 0) is 0 Å². The molecule has 2 aromatic carbocycles. The summed E-state index contributed by atoms with van der Waals surface area (Å²) in [7, 11) is 2.91. The smallest absolute Gasteiger partial charge is 0.277 e. The Kier molecular flexibility index (Phi) is 5.19. The van der Waals surface area contributed by atoms with E-state index in [-0.39, 0.29) is 5.56 Å². The van der Waals surface area contributed by atoms with Crippen molar-refractivity contribution in [2.75, 3.05) is 14.2 Å². The number of ether oxygens (including phenoxy) is 2. The summed E-state index contributed by atoms with van der Waals surface area (Å²) < 4.78 is 10.3. The number of hydrogen-bond donors (Lipinski definition) is 2. The molecule has 0 saturated heterocycles. The van der Waals surface area contributed by atoms with E-state index >= 15 is 0 Å². The molecule has 0 saturated carbocycles. The molecule has 2 aromatic rings. The van der Waals surface area contributed by atoms with Crippen molar-refractivity contribution >= 4 is 11.8 Å². The Hall–Kier alpha value is -3.02. The fourth-order valence-corrected chi connectivity index (χ4v) is 2.11. The molecule has 0 unspecified atom stereocenters. The lowest BCUT2D eigenvalue weighted by Gasteiger charge is -2.13. The third kappa shape index (κ3) is 3.79. The average molecular weight is 314 g/mol. The van der Waals surface area contributed by atoms with Crippen LogP contribution < -0.4 is 20.3 Å². The van der Waals surface area contributed by atoms with Crippen LogP contribution in [0.15, 0.2) is 42.5 Å². The van der Waals surface area contributed by atoms with Crippen molar-refractivity contribution in [3.8, 4) is 11.5 Å². The van der Waals surface area contributed by atoms with E-state index in [1.54, 1.807) is 36.4 Å². The van der Waals surface area contributed by atoms with Crippen LogP contribution in [-0.4, -0.2) is 26.0 Å². The largest absolute Gasteiger partial charge is 0.496 e. The van der Waals surface area contributed by atoms with E-state index in [0.717, 1.165) is 5.56 Å². The van der Waals surface area contributed by atoms with E-state index in [0.29, 0.717) is 17.1 Å². The topological polar surface area (TPSA) is 76.7 Å². The van der Waals surface area contributed by atoms with Gasteiger partial charge in [-0.05, 0) is 31.2 Å². The molecule has 0 bridgehead atoms. The Balaban J connectivity index is 2.12. The van der Waals surface area contributed by atoms with Crippen LogP contribution >= 0.6 is 0 Å². The van der Waals surface area contributed by atoms with Crippen LogP contribution in [0.4, 0.5) is 0 Å². The van der Waals surface area contributed by atoms with Gasteiger partial charge in [-0.1, -0.05) is 23.8 Å². The van der Waals surface area contributed by atoms with Crippen LogP contribution in [0.1, 0.15) is 26.3 Å². The monoisotopic (exact) mass is 314 g/mol. The highest BCUT2D eigenvalue weighted by atomic mass is 16.5. The molecule has 6 heteroatoms. The maximum Gasteiger partial charge on any atom is 0.277 e. The second-order valence-electron chi connectivity index (χ2n) is 4.82. The molecule has 23 heavy (non-hydrogen) atoms. The number of rotatable bonds is 4. The summed E-state index contributed by atoms with van der Waals surface area (Å²) >= 11 is 0. The molecular weight excluding hydrogens is 296 g/mol. The second-order valence-corrected chi connectivity index (χ2v) is 4.82. The Labute approximate surface area is 134 Å². The van der Waals surface area contributed by atoms with E-state index in [9.17, 15) is 9.59 Å². The fraction of sp³-hybridized carbons (Fsp3) is 0.176. The summed E-state index contributed by atoms with van der Waals surface area (Å²) in [5.74, 6) is -0.227. The molecule has 2 amide bonds. The van der Waals surface area contributed by atoms with Crippen LogP contribution in [0.3, 0.4) is 0 Å². The number of amides is 2. The van der Waals surface area contributed by atoms with E-state index < -0.39 is 11.8 Å². The summed E-state index contributed by atoms with van der Waals surface area (Å²) in [6.07, 6.45) is 0. The van der Waals surface area contributed by atoms with Gasteiger partial charge in [0.05, 0.1) is 14.2 Å². The molecule has 0 spiro atoms. The van der Waals surface area contributed by atoms with Crippen molar-refractivity contribution in [3.63, 3.8) is 0 Å². The number of methoxy groups -OCH3 is 2. The normalized spacial score (nSPS) is 9.87. The van der Waals surface area contributed by atoms with Crippen molar-refractivity contribution in [1.82, 2.24) is 10.9 Å². The number of carbonyl (C=O) groups is 2. The van der Waals surface area contributed by atoms with Gasteiger partial charge in [0.15, 0.2) is 0 Å². The maximum absolute atomic E-state index is 12.3. The highest BCUT2D eigenvalue weighted by molar-refractivity contribution is 6.02. The summed E-state index contributed by atoms with van der Waals surface area (Å²) in [6, 6.07) is 12.0. The highest BCUT2D eigenvalue weighted by Gasteiger charge is 2.18. The summed E-state index contributed by atoms with van der Waals surface area (Å²) in [4.78, 5) is 24.4. The van der Waals surface area contributed by atoms with Crippen LogP contribution in [0.5, 0.6) is 11.5 Å². The van der Waals surface area contributed by atoms with Gasteiger partial charge in [-0.25, -0.2) is 0 Å². The molecule has 0 heterocycles. The fourth-order valence-electron chi connectivity index (χ4n) is 2.11. The molecule has 0 aliphatic carbocycles. The van der Waals surface area contributed by atoms with Crippen molar-refractivity contribution in [1.29, 1.82) is 0 Å². The van der Waals surface area contributed by atoms with Crippen molar-refractivity contribution in [2.24, 2.45) is 0 Å². The molecule has 0 aromatic heterocycles. The third-order valence-electron chi connectivity index (χ3n) is 3.22. The number of hydrazine groups is 1. The van der Waals surface area contributed by atoms with Gasteiger partial charge in [0.2, 0.25) is 0 Å². The van der Waals surface area contributed by atoms with Crippen LogP contribution in [0.25, 0.3) is 0 Å². The van der Waals surface area contributed by atoms with E-state index in [2.05, 4.69) is 10.9 Å². The van der Waals surface area contributed by atoms with E-state index in [1.165, 1.54) is 14.2 Å². The first-order valence-corrected chi connectivity index (χ1v) is 6.95. The average Bonchev–Trinajstić information content (AvgIpc) is 2.58.